The van der Waals surface area contributed by atoms with Crippen molar-refractivity contribution in [2.75, 3.05) is 18.0 Å². The highest BCUT2D eigenvalue weighted by Crippen LogP contribution is 2.25. The molecule has 5 heteroatoms. The van der Waals surface area contributed by atoms with E-state index < -0.39 is 0 Å². The number of nitrogens with two attached hydrogens (primary N) is 1. The third kappa shape index (κ3) is 3.17. The fraction of sp³-hybridized carbons (Fsp3) is 0.333. The molecule has 88 valence electrons. The van der Waals surface area contributed by atoms with E-state index in [2.05, 4.69) is 0 Å². The van der Waals surface area contributed by atoms with Crippen LogP contribution in [-0.4, -0.2) is 13.1 Å². The number of nitrogens with zero attached hydrogens (tertiary/aromatic N) is 3. The van der Waals surface area contributed by atoms with E-state index in [0.717, 1.165) is 0 Å². The van der Waals surface area contributed by atoms with E-state index in [0.29, 0.717) is 11.3 Å². The monoisotopic (exact) mass is 232 g/mol. The fourth-order valence-corrected chi connectivity index (χ4v) is 1.58. The van der Waals surface area contributed by atoms with Gasteiger partial charge in [0.05, 0.1) is 12.1 Å². The topological polar surface area (TPSA) is 76.8 Å². The lowest BCUT2D eigenvalue weighted by Crippen LogP contribution is -2.26. The average molecular weight is 232 g/mol. The van der Waals surface area contributed by atoms with Crippen molar-refractivity contribution >= 4 is 5.69 Å². The van der Waals surface area contributed by atoms with Gasteiger partial charge in [0.15, 0.2) is 0 Å². The summed E-state index contributed by atoms with van der Waals surface area (Å²) in [6.45, 7) is 1.87. The van der Waals surface area contributed by atoms with Crippen LogP contribution in [0.3, 0.4) is 0 Å². The van der Waals surface area contributed by atoms with Gasteiger partial charge >= 0.3 is 0 Å². The summed E-state index contributed by atoms with van der Waals surface area (Å²) in [7, 11) is 0. The van der Waals surface area contributed by atoms with Crippen molar-refractivity contribution in [1.82, 2.24) is 0 Å². The Hall–Kier alpha value is -2.11. The van der Waals surface area contributed by atoms with Crippen molar-refractivity contribution in [2.45, 2.75) is 13.0 Å². The van der Waals surface area contributed by atoms with Crippen molar-refractivity contribution in [3.8, 4) is 12.1 Å². The molecule has 0 aliphatic carbocycles. The molecule has 0 spiro atoms. The summed E-state index contributed by atoms with van der Waals surface area (Å²) in [6.07, 6.45) is 0. The summed E-state index contributed by atoms with van der Waals surface area (Å²) in [6, 6.07) is 7.76. The minimum absolute atomic E-state index is 0.0684. The van der Waals surface area contributed by atoms with Gasteiger partial charge in [-0.1, -0.05) is 0 Å². The molecule has 1 aromatic rings. The van der Waals surface area contributed by atoms with Crippen LogP contribution >= 0.6 is 0 Å². The number of hydrogen-bond donors (Lipinski definition) is 1. The highest BCUT2D eigenvalue weighted by molar-refractivity contribution is 5.56. The van der Waals surface area contributed by atoms with Crippen LogP contribution < -0.4 is 10.6 Å². The quantitative estimate of drug-likeness (QED) is 0.801. The zero-order valence-corrected chi connectivity index (χ0v) is 9.52. The molecule has 0 saturated carbocycles. The standard InChI is InChI=1S/C12H13FN4/c1-9(16)11-8-10(13)2-3-12(11)17(6-4-14)7-5-15/h2-3,8-9H,6-7,16H2,1H3/t9-/m0/s1. The van der Waals surface area contributed by atoms with Gasteiger partial charge in [-0.3, -0.25) is 0 Å². The van der Waals surface area contributed by atoms with Crippen LogP contribution in [0.1, 0.15) is 18.5 Å². The molecule has 0 saturated heterocycles. The van der Waals surface area contributed by atoms with Crippen molar-refractivity contribution in [3.05, 3.63) is 29.6 Å². The molecule has 0 unspecified atom stereocenters. The van der Waals surface area contributed by atoms with Crippen LogP contribution in [0.4, 0.5) is 10.1 Å². The Bertz CT molecular complexity index is 454. The minimum atomic E-state index is -0.380. The fourth-order valence-electron chi connectivity index (χ4n) is 1.58. The zero-order chi connectivity index (χ0) is 12.8. The van der Waals surface area contributed by atoms with E-state index in [1.807, 2.05) is 12.1 Å². The third-order valence-electron chi connectivity index (χ3n) is 2.34. The molecular weight excluding hydrogens is 219 g/mol. The molecule has 1 aromatic carbocycles. The van der Waals surface area contributed by atoms with Gasteiger partial charge in [-0.05, 0) is 30.7 Å². The zero-order valence-electron chi connectivity index (χ0n) is 9.52. The number of nitriles is 2. The maximum absolute atomic E-state index is 13.1. The van der Waals surface area contributed by atoms with Crippen LogP contribution in [0.15, 0.2) is 18.2 Å². The van der Waals surface area contributed by atoms with E-state index in [1.165, 1.54) is 12.1 Å². The Balaban J connectivity index is 3.19. The molecule has 0 heterocycles. The van der Waals surface area contributed by atoms with Gasteiger partial charge in [0.2, 0.25) is 0 Å². The van der Waals surface area contributed by atoms with E-state index in [1.54, 1.807) is 17.9 Å². The van der Waals surface area contributed by atoms with Crippen molar-refractivity contribution in [2.24, 2.45) is 5.73 Å². The Kier molecular flexibility index (Phi) is 4.45. The second-order valence-electron chi connectivity index (χ2n) is 3.66. The van der Waals surface area contributed by atoms with Gasteiger partial charge in [-0.15, -0.1) is 0 Å². The van der Waals surface area contributed by atoms with Gasteiger partial charge in [0.25, 0.3) is 0 Å². The molecule has 0 fully saturated rings. The third-order valence-corrected chi connectivity index (χ3v) is 2.34. The number of anilines is 1. The number of halogens is 1. The molecule has 0 aromatic heterocycles. The predicted octanol–water partition coefficient (Wildman–Crippen LogP) is 1.70. The first kappa shape index (κ1) is 13.0. The molecule has 2 N–H and O–H groups in total. The molecule has 0 bridgehead atoms. The summed E-state index contributed by atoms with van der Waals surface area (Å²) in [5.74, 6) is -0.380. The first-order chi connectivity index (χ1) is 8.10. The van der Waals surface area contributed by atoms with Crippen molar-refractivity contribution in [3.63, 3.8) is 0 Å². The molecule has 0 amide bonds. The Labute approximate surface area is 99.7 Å². The number of hydrogen-bond acceptors (Lipinski definition) is 4. The lowest BCUT2D eigenvalue weighted by atomic mass is 10.1. The van der Waals surface area contributed by atoms with Gasteiger partial charge in [-0.2, -0.15) is 10.5 Å². The van der Waals surface area contributed by atoms with Crippen LogP contribution in [0.25, 0.3) is 0 Å². The Morgan fingerprint density at radius 2 is 1.94 bits per heavy atom. The van der Waals surface area contributed by atoms with Gasteiger partial charge < -0.3 is 10.6 Å². The number of rotatable bonds is 4. The highest BCUT2D eigenvalue weighted by atomic mass is 19.1. The first-order valence-corrected chi connectivity index (χ1v) is 5.14. The second kappa shape index (κ2) is 5.83. The van der Waals surface area contributed by atoms with E-state index >= 15 is 0 Å². The van der Waals surface area contributed by atoms with Crippen LogP contribution in [0.5, 0.6) is 0 Å². The molecular formula is C12H13FN4. The highest BCUT2D eigenvalue weighted by Gasteiger charge is 2.14. The molecule has 17 heavy (non-hydrogen) atoms. The van der Waals surface area contributed by atoms with Gasteiger partial charge in [-0.25, -0.2) is 4.39 Å². The SMILES string of the molecule is C[C@H](N)c1cc(F)ccc1N(CC#N)CC#N. The lowest BCUT2D eigenvalue weighted by Gasteiger charge is -2.23. The first-order valence-electron chi connectivity index (χ1n) is 5.14. The Morgan fingerprint density at radius 3 is 2.41 bits per heavy atom. The summed E-state index contributed by atoms with van der Waals surface area (Å²) >= 11 is 0. The molecule has 1 atom stereocenters. The van der Waals surface area contributed by atoms with Gasteiger partial charge in [0.1, 0.15) is 18.9 Å². The molecule has 0 radical (unpaired) electrons. The van der Waals surface area contributed by atoms with E-state index in [-0.39, 0.29) is 24.9 Å². The molecule has 4 nitrogen and oxygen atoms in total. The van der Waals surface area contributed by atoms with E-state index in [4.69, 9.17) is 16.3 Å². The largest absolute Gasteiger partial charge is 0.345 e. The second-order valence-corrected chi connectivity index (χ2v) is 3.66. The summed E-state index contributed by atoms with van der Waals surface area (Å²) in [5, 5.41) is 17.4. The maximum atomic E-state index is 13.1. The Morgan fingerprint density at radius 1 is 1.35 bits per heavy atom. The smallest absolute Gasteiger partial charge is 0.123 e. The van der Waals surface area contributed by atoms with Crippen molar-refractivity contribution in [1.29, 1.82) is 10.5 Å². The van der Waals surface area contributed by atoms with Crippen LogP contribution in [0.2, 0.25) is 0 Å². The normalized spacial score (nSPS) is 11.4. The van der Waals surface area contributed by atoms with Crippen LogP contribution in [-0.2, 0) is 0 Å². The summed E-state index contributed by atoms with van der Waals surface area (Å²) in [4.78, 5) is 1.57. The maximum Gasteiger partial charge on any atom is 0.123 e. The van der Waals surface area contributed by atoms with Gasteiger partial charge in [0, 0.05) is 11.7 Å². The van der Waals surface area contributed by atoms with E-state index in [9.17, 15) is 4.39 Å². The average Bonchev–Trinajstić information content (AvgIpc) is 2.28. The molecule has 0 aliphatic heterocycles. The van der Waals surface area contributed by atoms with Crippen molar-refractivity contribution < 1.29 is 4.39 Å². The summed E-state index contributed by atoms with van der Waals surface area (Å²) < 4.78 is 13.1. The number of benzene rings is 1. The molecule has 0 aliphatic rings. The predicted molar refractivity (Wildman–Crippen MR) is 62.4 cm³/mol. The molecule has 1 rings (SSSR count). The summed E-state index contributed by atoms with van der Waals surface area (Å²) in [5.41, 5.74) is 6.98. The lowest BCUT2D eigenvalue weighted by molar-refractivity contribution is 0.622. The minimum Gasteiger partial charge on any atom is -0.345 e. The van der Waals surface area contributed by atoms with Crippen LogP contribution in [0, 0.1) is 28.5 Å².